The summed E-state index contributed by atoms with van der Waals surface area (Å²) in [6, 6.07) is 23.4. The van der Waals surface area contributed by atoms with Crippen LogP contribution in [0.3, 0.4) is 0 Å². The highest BCUT2D eigenvalue weighted by Crippen LogP contribution is 2.44. The van der Waals surface area contributed by atoms with E-state index in [1.807, 2.05) is 36.4 Å². The number of aromatic nitrogens is 3. The summed E-state index contributed by atoms with van der Waals surface area (Å²) in [5, 5.41) is 15.2. The van der Waals surface area contributed by atoms with E-state index >= 15 is 0 Å². The van der Waals surface area contributed by atoms with Gasteiger partial charge in [-0.3, -0.25) is 14.4 Å². The Balaban J connectivity index is 1.58. The lowest BCUT2D eigenvalue weighted by atomic mass is 9.72. The second-order valence-electron chi connectivity index (χ2n) is 10.0. The first kappa shape index (κ1) is 27.9. The number of aliphatic imine (C=N–C) groups is 1. The second kappa shape index (κ2) is 11.8. The van der Waals surface area contributed by atoms with Gasteiger partial charge in [0.15, 0.2) is 5.82 Å². The fourth-order valence-corrected chi connectivity index (χ4v) is 5.90. The van der Waals surface area contributed by atoms with Crippen LogP contribution in [0.15, 0.2) is 82.6 Å². The SMILES string of the molecule is CC[C@@]1(C(=NCc2nn(Cc3ccc(Cl)cc3)c(=O)n2CCC(=O)O)c2ccc(Cl)cc2)CCc2ccccc21. The van der Waals surface area contributed by atoms with Crippen LogP contribution in [0.1, 0.15) is 54.3 Å². The third-order valence-electron chi connectivity index (χ3n) is 7.70. The number of hydrogen-bond acceptors (Lipinski definition) is 4. The van der Waals surface area contributed by atoms with E-state index in [9.17, 15) is 14.7 Å². The molecule has 0 unspecified atom stereocenters. The molecule has 0 fully saturated rings. The number of halogens is 2. The summed E-state index contributed by atoms with van der Waals surface area (Å²) in [5.41, 5.74) is 4.65. The van der Waals surface area contributed by atoms with Gasteiger partial charge in [-0.05, 0) is 65.8 Å². The smallest absolute Gasteiger partial charge is 0.346 e. The molecule has 0 aliphatic heterocycles. The molecule has 1 heterocycles. The van der Waals surface area contributed by atoms with Gasteiger partial charge in [-0.2, -0.15) is 5.10 Å². The fraction of sp³-hybridized carbons (Fsp3) is 0.290. The van der Waals surface area contributed by atoms with E-state index in [0.717, 1.165) is 36.1 Å². The van der Waals surface area contributed by atoms with Crippen molar-refractivity contribution >= 4 is 34.9 Å². The zero-order valence-electron chi connectivity index (χ0n) is 22.2. The summed E-state index contributed by atoms with van der Waals surface area (Å²) in [7, 11) is 0. The lowest BCUT2D eigenvalue weighted by Gasteiger charge is -2.32. The Hall–Kier alpha value is -3.68. The van der Waals surface area contributed by atoms with Gasteiger partial charge in [0.1, 0.15) is 0 Å². The minimum atomic E-state index is -0.985. The maximum atomic E-state index is 13.3. The van der Waals surface area contributed by atoms with Crippen LogP contribution in [0.25, 0.3) is 0 Å². The third kappa shape index (κ3) is 5.62. The number of hydrogen-bond donors (Lipinski definition) is 1. The molecule has 0 amide bonds. The fourth-order valence-electron chi connectivity index (χ4n) is 5.65. The van der Waals surface area contributed by atoms with Crippen LogP contribution in [0.4, 0.5) is 0 Å². The summed E-state index contributed by atoms with van der Waals surface area (Å²) in [4.78, 5) is 29.9. The standard InChI is InChI=1S/C31H30Cl2N4O3/c1-2-31(17-15-22-5-3-4-6-26(22)31)29(23-9-13-25(33)14-10-23)34-19-27-35-37(20-21-7-11-24(32)12-8-21)30(40)36(27)18-16-28(38)39/h3-14H,2,15-20H2,1H3,(H,38,39)/t31-/m1/s1. The van der Waals surface area contributed by atoms with Crippen molar-refractivity contribution in [2.45, 2.75) is 57.7 Å². The first-order chi connectivity index (χ1) is 19.3. The van der Waals surface area contributed by atoms with Gasteiger partial charge in [0, 0.05) is 22.0 Å². The van der Waals surface area contributed by atoms with Crippen molar-refractivity contribution in [2.75, 3.05) is 0 Å². The molecule has 3 aromatic carbocycles. The molecule has 1 aliphatic rings. The summed E-state index contributed by atoms with van der Waals surface area (Å²) in [6.45, 7) is 2.56. The van der Waals surface area contributed by atoms with Crippen LogP contribution in [0.2, 0.25) is 10.0 Å². The number of carbonyl (C=O) groups is 1. The molecule has 1 aliphatic carbocycles. The molecule has 1 aromatic heterocycles. The molecule has 9 heteroatoms. The van der Waals surface area contributed by atoms with Gasteiger partial charge in [0.2, 0.25) is 0 Å². The third-order valence-corrected chi connectivity index (χ3v) is 8.21. The highest BCUT2D eigenvalue weighted by molar-refractivity contribution is 6.31. The van der Waals surface area contributed by atoms with Gasteiger partial charge in [0.05, 0.1) is 25.2 Å². The van der Waals surface area contributed by atoms with E-state index in [-0.39, 0.29) is 37.2 Å². The Labute approximate surface area is 242 Å². The minimum absolute atomic E-state index is 0.0116. The first-order valence-electron chi connectivity index (χ1n) is 13.3. The average molecular weight is 578 g/mol. The number of nitrogens with zero attached hydrogens (tertiary/aromatic N) is 4. The largest absolute Gasteiger partial charge is 0.481 e. The van der Waals surface area contributed by atoms with Crippen molar-refractivity contribution in [3.63, 3.8) is 0 Å². The van der Waals surface area contributed by atoms with E-state index in [1.54, 1.807) is 12.1 Å². The molecule has 206 valence electrons. The highest BCUT2D eigenvalue weighted by atomic mass is 35.5. The zero-order chi connectivity index (χ0) is 28.3. The van der Waals surface area contributed by atoms with Gasteiger partial charge in [-0.15, -0.1) is 0 Å². The van der Waals surface area contributed by atoms with Crippen molar-refractivity contribution < 1.29 is 9.90 Å². The van der Waals surface area contributed by atoms with Gasteiger partial charge in [-0.25, -0.2) is 9.48 Å². The van der Waals surface area contributed by atoms with Crippen LogP contribution in [-0.4, -0.2) is 31.1 Å². The predicted molar refractivity (Wildman–Crippen MR) is 158 cm³/mol. The molecule has 0 radical (unpaired) electrons. The van der Waals surface area contributed by atoms with Crippen molar-refractivity contribution in [1.82, 2.24) is 14.3 Å². The Morgan fingerprint density at radius 3 is 2.38 bits per heavy atom. The number of carboxylic acid groups (broad SMARTS) is 1. The molecule has 5 rings (SSSR count). The van der Waals surface area contributed by atoms with E-state index in [2.05, 4.69) is 36.3 Å². The quantitative estimate of drug-likeness (QED) is 0.229. The molecule has 40 heavy (non-hydrogen) atoms. The number of fused-ring (bicyclic) bond motifs is 1. The van der Waals surface area contributed by atoms with Gasteiger partial charge in [0.25, 0.3) is 0 Å². The topological polar surface area (TPSA) is 89.5 Å². The van der Waals surface area contributed by atoms with E-state index in [0.29, 0.717) is 15.9 Å². The van der Waals surface area contributed by atoms with Crippen molar-refractivity contribution in [1.29, 1.82) is 0 Å². The maximum Gasteiger partial charge on any atom is 0.346 e. The zero-order valence-corrected chi connectivity index (χ0v) is 23.7. The van der Waals surface area contributed by atoms with Gasteiger partial charge in [-0.1, -0.05) is 78.7 Å². The molecule has 7 nitrogen and oxygen atoms in total. The molecule has 4 aromatic rings. The summed E-state index contributed by atoms with van der Waals surface area (Å²) in [5.74, 6) is -0.564. The van der Waals surface area contributed by atoms with Crippen LogP contribution in [0.5, 0.6) is 0 Å². The van der Waals surface area contributed by atoms with Crippen molar-refractivity contribution in [2.24, 2.45) is 4.99 Å². The maximum absolute atomic E-state index is 13.3. The molecular formula is C31H30Cl2N4O3. The summed E-state index contributed by atoms with van der Waals surface area (Å²) >= 11 is 12.2. The lowest BCUT2D eigenvalue weighted by Crippen LogP contribution is -2.34. The van der Waals surface area contributed by atoms with Gasteiger partial charge < -0.3 is 5.11 Å². The molecular weight excluding hydrogens is 547 g/mol. The predicted octanol–water partition coefficient (Wildman–Crippen LogP) is 6.16. The minimum Gasteiger partial charge on any atom is -0.481 e. The number of rotatable bonds is 10. The number of carboxylic acids is 1. The highest BCUT2D eigenvalue weighted by Gasteiger charge is 2.42. The number of benzene rings is 3. The van der Waals surface area contributed by atoms with E-state index in [1.165, 1.54) is 20.4 Å². The molecule has 1 atom stereocenters. The molecule has 0 spiro atoms. The van der Waals surface area contributed by atoms with Gasteiger partial charge >= 0.3 is 11.7 Å². The van der Waals surface area contributed by atoms with E-state index in [4.69, 9.17) is 28.2 Å². The molecule has 0 saturated heterocycles. The van der Waals surface area contributed by atoms with Crippen LogP contribution < -0.4 is 5.69 Å². The van der Waals surface area contributed by atoms with E-state index < -0.39 is 5.97 Å². The van der Waals surface area contributed by atoms with Crippen LogP contribution in [0, 0.1) is 0 Å². The Kier molecular flexibility index (Phi) is 8.24. The number of aryl methyl sites for hydroxylation is 1. The first-order valence-corrected chi connectivity index (χ1v) is 14.1. The molecule has 0 bridgehead atoms. The van der Waals surface area contributed by atoms with Crippen LogP contribution in [-0.2, 0) is 36.3 Å². The lowest BCUT2D eigenvalue weighted by molar-refractivity contribution is -0.137. The monoisotopic (exact) mass is 576 g/mol. The van der Waals surface area contributed by atoms with Crippen LogP contribution >= 0.6 is 23.2 Å². The second-order valence-corrected chi connectivity index (χ2v) is 10.9. The Bertz CT molecular complexity index is 1610. The molecule has 0 saturated carbocycles. The van der Waals surface area contributed by atoms with Crippen molar-refractivity contribution in [3.8, 4) is 0 Å². The average Bonchev–Trinajstić information content (AvgIpc) is 3.47. The summed E-state index contributed by atoms with van der Waals surface area (Å²) in [6.07, 6.45) is 2.53. The van der Waals surface area contributed by atoms with Crippen molar-refractivity contribution in [3.05, 3.63) is 121 Å². The normalized spacial score (nSPS) is 16.7. The Morgan fingerprint density at radius 2 is 1.70 bits per heavy atom. The summed E-state index contributed by atoms with van der Waals surface area (Å²) < 4.78 is 2.78. The number of aliphatic carboxylic acids is 1. The molecule has 1 N–H and O–H groups in total. The Morgan fingerprint density at radius 1 is 1.02 bits per heavy atom.